The molecule has 9 nitrogen and oxygen atoms in total. The van der Waals surface area contributed by atoms with Gasteiger partial charge in [-0.1, -0.05) is 12.1 Å². The van der Waals surface area contributed by atoms with E-state index in [2.05, 4.69) is 30.6 Å². The third-order valence-corrected chi connectivity index (χ3v) is 4.05. The highest BCUT2D eigenvalue weighted by Crippen LogP contribution is 2.27. The SMILES string of the molecule is CN=CNC(=O)Nc1ncc(C(=O)N=CN(C)C)c2ccc(-c3cccc(F)c3)nc12. The molecule has 2 N–H and O–H groups in total. The van der Waals surface area contributed by atoms with Crippen molar-refractivity contribution in [2.45, 2.75) is 0 Å². The van der Waals surface area contributed by atoms with E-state index in [1.165, 1.54) is 38.1 Å². The Morgan fingerprint density at radius 2 is 2.00 bits per heavy atom. The van der Waals surface area contributed by atoms with Gasteiger partial charge < -0.3 is 4.90 Å². The maximum atomic E-state index is 13.7. The summed E-state index contributed by atoms with van der Waals surface area (Å²) in [5.74, 6) is -0.792. The number of hydrogen-bond donors (Lipinski definition) is 2. The fourth-order valence-electron chi connectivity index (χ4n) is 2.69. The molecule has 0 fully saturated rings. The fraction of sp³-hybridized carbons (Fsp3) is 0.143. The zero-order valence-corrected chi connectivity index (χ0v) is 17.1. The number of urea groups is 1. The summed E-state index contributed by atoms with van der Waals surface area (Å²) in [6.07, 6.45) is 3.92. The molecule has 1 aromatic carbocycles. The molecular weight excluding hydrogens is 401 g/mol. The maximum Gasteiger partial charge on any atom is 0.325 e. The van der Waals surface area contributed by atoms with Crippen molar-refractivity contribution in [2.75, 3.05) is 26.5 Å². The molecule has 0 atom stereocenters. The van der Waals surface area contributed by atoms with Crippen LogP contribution in [0.1, 0.15) is 10.4 Å². The molecule has 0 spiro atoms. The minimum atomic E-state index is -0.581. The van der Waals surface area contributed by atoms with Crippen molar-refractivity contribution >= 4 is 41.3 Å². The number of carbonyl (C=O) groups excluding carboxylic acids is 2. The molecule has 0 aliphatic carbocycles. The van der Waals surface area contributed by atoms with Crippen molar-refractivity contribution in [3.05, 3.63) is 54.0 Å². The Bertz CT molecular complexity index is 1190. The first-order valence-corrected chi connectivity index (χ1v) is 9.18. The molecule has 0 aliphatic rings. The van der Waals surface area contributed by atoms with Crippen LogP contribution >= 0.6 is 0 Å². The summed E-state index contributed by atoms with van der Waals surface area (Å²) in [5, 5.41) is 5.43. The van der Waals surface area contributed by atoms with Crippen LogP contribution in [0.2, 0.25) is 0 Å². The Labute approximate surface area is 177 Å². The number of nitrogens with one attached hydrogen (secondary N) is 2. The average Bonchev–Trinajstić information content (AvgIpc) is 2.76. The summed E-state index contributed by atoms with van der Waals surface area (Å²) in [6.45, 7) is 0. The highest BCUT2D eigenvalue weighted by atomic mass is 19.1. The Hall–Kier alpha value is -4.21. The second kappa shape index (κ2) is 9.53. The van der Waals surface area contributed by atoms with E-state index < -0.39 is 17.8 Å². The van der Waals surface area contributed by atoms with Gasteiger partial charge >= 0.3 is 6.03 Å². The first kappa shape index (κ1) is 21.5. The first-order valence-electron chi connectivity index (χ1n) is 9.18. The number of aliphatic imine (C=N–C) groups is 2. The molecule has 2 heterocycles. The molecule has 0 saturated carbocycles. The van der Waals surface area contributed by atoms with Gasteiger partial charge in [0.2, 0.25) is 0 Å². The summed E-state index contributed by atoms with van der Waals surface area (Å²) in [4.78, 5) is 42.6. The predicted octanol–water partition coefficient (Wildman–Crippen LogP) is 2.95. The lowest BCUT2D eigenvalue weighted by atomic mass is 10.1. The third-order valence-electron chi connectivity index (χ3n) is 4.05. The van der Waals surface area contributed by atoms with Crippen LogP contribution in [0.5, 0.6) is 0 Å². The molecular formula is C21H20FN7O2. The molecule has 10 heteroatoms. The highest BCUT2D eigenvalue weighted by Gasteiger charge is 2.17. The van der Waals surface area contributed by atoms with Crippen LogP contribution in [-0.4, -0.2) is 60.6 Å². The average molecular weight is 421 g/mol. The largest absolute Gasteiger partial charge is 0.369 e. The summed E-state index contributed by atoms with van der Waals surface area (Å²) < 4.78 is 13.7. The summed E-state index contributed by atoms with van der Waals surface area (Å²) in [7, 11) is 4.99. The van der Waals surface area contributed by atoms with Crippen molar-refractivity contribution < 1.29 is 14.0 Å². The maximum absolute atomic E-state index is 13.7. The minimum absolute atomic E-state index is 0.128. The van der Waals surface area contributed by atoms with E-state index in [1.807, 2.05) is 0 Å². The van der Waals surface area contributed by atoms with Crippen molar-refractivity contribution in [3.8, 4) is 11.3 Å². The van der Waals surface area contributed by atoms with Gasteiger partial charge in [0.25, 0.3) is 5.91 Å². The van der Waals surface area contributed by atoms with E-state index >= 15 is 0 Å². The summed E-state index contributed by atoms with van der Waals surface area (Å²) >= 11 is 0. The molecule has 0 aliphatic heterocycles. The Morgan fingerprint density at radius 1 is 1.19 bits per heavy atom. The van der Waals surface area contributed by atoms with Gasteiger partial charge in [0, 0.05) is 38.3 Å². The molecule has 0 radical (unpaired) electrons. The number of pyridine rings is 2. The van der Waals surface area contributed by atoms with Gasteiger partial charge in [0.1, 0.15) is 11.3 Å². The van der Waals surface area contributed by atoms with Crippen LogP contribution in [0.25, 0.3) is 22.2 Å². The Kier molecular flexibility index (Phi) is 6.61. The number of halogens is 1. The monoisotopic (exact) mass is 421 g/mol. The number of anilines is 1. The van der Waals surface area contributed by atoms with E-state index in [0.29, 0.717) is 16.6 Å². The second-order valence-electron chi connectivity index (χ2n) is 6.62. The molecule has 31 heavy (non-hydrogen) atoms. The molecule has 3 amide bonds. The number of amides is 3. The van der Waals surface area contributed by atoms with Crippen LogP contribution in [0, 0.1) is 5.82 Å². The smallest absolute Gasteiger partial charge is 0.325 e. The van der Waals surface area contributed by atoms with E-state index in [1.54, 1.807) is 43.3 Å². The Morgan fingerprint density at radius 3 is 2.71 bits per heavy atom. The predicted molar refractivity (Wildman–Crippen MR) is 118 cm³/mol. The van der Waals surface area contributed by atoms with Gasteiger partial charge in [-0.05, 0) is 24.3 Å². The number of benzene rings is 1. The van der Waals surface area contributed by atoms with E-state index in [0.717, 1.165) is 0 Å². The lowest BCUT2D eigenvalue weighted by molar-refractivity contribution is 0.100. The van der Waals surface area contributed by atoms with Crippen LogP contribution < -0.4 is 10.6 Å². The molecule has 3 rings (SSSR count). The zero-order valence-electron chi connectivity index (χ0n) is 17.1. The van der Waals surface area contributed by atoms with Gasteiger partial charge in [0.05, 0.1) is 23.9 Å². The van der Waals surface area contributed by atoms with Crippen LogP contribution in [-0.2, 0) is 0 Å². The number of nitrogens with zero attached hydrogens (tertiary/aromatic N) is 5. The molecule has 3 aromatic rings. The second-order valence-corrected chi connectivity index (χ2v) is 6.62. The fourth-order valence-corrected chi connectivity index (χ4v) is 2.69. The van der Waals surface area contributed by atoms with Crippen LogP contribution in [0.3, 0.4) is 0 Å². The van der Waals surface area contributed by atoms with Gasteiger partial charge in [-0.3, -0.25) is 20.4 Å². The van der Waals surface area contributed by atoms with Crippen molar-refractivity contribution in [1.29, 1.82) is 0 Å². The summed E-state index contributed by atoms with van der Waals surface area (Å²) in [6, 6.07) is 8.70. The Balaban J connectivity index is 2.13. The van der Waals surface area contributed by atoms with Crippen LogP contribution in [0.15, 0.2) is 52.6 Å². The van der Waals surface area contributed by atoms with E-state index in [9.17, 15) is 14.0 Å². The van der Waals surface area contributed by atoms with Gasteiger partial charge in [0.15, 0.2) is 5.82 Å². The van der Waals surface area contributed by atoms with E-state index in [-0.39, 0.29) is 16.9 Å². The summed E-state index contributed by atoms with van der Waals surface area (Å²) in [5.41, 5.74) is 1.47. The van der Waals surface area contributed by atoms with Crippen LogP contribution in [0.4, 0.5) is 15.0 Å². The van der Waals surface area contributed by atoms with E-state index in [4.69, 9.17) is 0 Å². The standard InChI is InChI=1S/C21H20FN7O2/c1-23-11-25-21(31)28-19-18-15(16(10-24-19)20(30)26-12-29(2)3)7-8-17(27-18)13-5-4-6-14(22)9-13/h4-12H,1-3H3,(H2,23,24,25,28,31). The molecule has 0 unspecified atom stereocenters. The lowest BCUT2D eigenvalue weighted by Gasteiger charge is -2.11. The molecule has 158 valence electrons. The zero-order chi connectivity index (χ0) is 22.4. The highest BCUT2D eigenvalue weighted by molar-refractivity contribution is 6.11. The van der Waals surface area contributed by atoms with Crippen molar-refractivity contribution in [3.63, 3.8) is 0 Å². The quantitative estimate of drug-likeness (QED) is 0.486. The first-order chi connectivity index (χ1) is 14.9. The third kappa shape index (κ3) is 5.24. The normalized spacial score (nSPS) is 11.2. The molecule has 0 bridgehead atoms. The lowest BCUT2D eigenvalue weighted by Crippen LogP contribution is -2.28. The number of aromatic nitrogens is 2. The van der Waals surface area contributed by atoms with Gasteiger partial charge in [-0.2, -0.15) is 4.99 Å². The number of fused-ring (bicyclic) bond motifs is 1. The molecule has 0 saturated heterocycles. The minimum Gasteiger partial charge on any atom is -0.369 e. The number of carbonyl (C=O) groups is 2. The van der Waals surface area contributed by atoms with Gasteiger partial charge in [-0.25, -0.2) is 19.2 Å². The van der Waals surface area contributed by atoms with Gasteiger partial charge in [-0.15, -0.1) is 0 Å². The van der Waals surface area contributed by atoms with Crippen molar-refractivity contribution in [1.82, 2.24) is 20.2 Å². The molecule has 2 aromatic heterocycles. The van der Waals surface area contributed by atoms with Crippen molar-refractivity contribution in [2.24, 2.45) is 9.98 Å². The number of hydrogen-bond acceptors (Lipinski definition) is 5. The number of rotatable bonds is 5. The topological polar surface area (TPSA) is 112 Å².